The van der Waals surface area contributed by atoms with E-state index in [2.05, 4.69) is 0 Å². The molecule has 1 aromatic carbocycles. The van der Waals surface area contributed by atoms with Crippen LogP contribution in [0.3, 0.4) is 0 Å². The molecule has 0 radical (unpaired) electrons. The Bertz CT molecular complexity index is 665. The summed E-state index contributed by atoms with van der Waals surface area (Å²) in [6.45, 7) is 6.52. The average molecular weight is 258 g/mol. The fourth-order valence-electron chi connectivity index (χ4n) is 2.18. The highest BCUT2D eigenvalue weighted by molar-refractivity contribution is 5.97. The zero-order valence-corrected chi connectivity index (χ0v) is 11.5. The highest BCUT2D eigenvalue weighted by Crippen LogP contribution is 2.11. The fraction of sp³-hybridized carbons (Fsp3) is 0.333. The van der Waals surface area contributed by atoms with Crippen LogP contribution in [0.25, 0.3) is 0 Å². The maximum atomic E-state index is 12.2. The van der Waals surface area contributed by atoms with Gasteiger partial charge in [0.1, 0.15) is 0 Å². The Morgan fingerprint density at radius 2 is 1.84 bits per heavy atom. The van der Waals surface area contributed by atoms with Crippen molar-refractivity contribution in [3.05, 3.63) is 57.8 Å². The first-order valence-electron chi connectivity index (χ1n) is 6.39. The number of hydrogen-bond acceptors (Lipinski definition) is 2. The lowest BCUT2D eigenvalue weighted by molar-refractivity contribution is 0.0970. The number of hydrogen-bond donors (Lipinski definition) is 0. The van der Waals surface area contributed by atoms with E-state index >= 15 is 0 Å². The van der Waals surface area contributed by atoms with Gasteiger partial charge in [0.05, 0.1) is 6.54 Å². The zero-order valence-electron chi connectivity index (χ0n) is 11.5. The molecule has 4 heteroatoms. The summed E-state index contributed by atoms with van der Waals surface area (Å²) in [7, 11) is 0. The largest absolute Gasteiger partial charge is 0.328 e. The Kier molecular flexibility index (Phi) is 3.69. The van der Waals surface area contributed by atoms with E-state index in [4.69, 9.17) is 0 Å². The predicted octanol–water partition coefficient (Wildman–Crippen LogP) is 2.17. The van der Waals surface area contributed by atoms with Crippen LogP contribution in [0.1, 0.15) is 28.4 Å². The number of benzene rings is 1. The fourth-order valence-corrected chi connectivity index (χ4v) is 2.18. The summed E-state index contributed by atoms with van der Waals surface area (Å²) >= 11 is 0. The van der Waals surface area contributed by atoms with Crippen LogP contribution in [0.2, 0.25) is 0 Å². The lowest BCUT2D eigenvalue weighted by Gasteiger charge is -2.06. The maximum absolute atomic E-state index is 12.2. The van der Waals surface area contributed by atoms with Gasteiger partial charge in [-0.15, -0.1) is 0 Å². The number of rotatable bonds is 4. The topological polar surface area (TPSA) is 44.0 Å². The minimum atomic E-state index is -0.138. The number of nitrogens with zero attached hydrogens (tertiary/aromatic N) is 2. The smallest absolute Gasteiger partial charge is 0.300 e. The summed E-state index contributed by atoms with van der Waals surface area (Å²) in [4.78, 5) is 24.1. The normalized spacial score (nSPS) is 10.7. The van der Waals surface area contributed by atoms with Crippen LogP contribution >= 0.6 is 0 Å². The highest BCUT2D eigenvalue weighted by atomic mass is 16.2. The molecule has 4 nitrogen and oxygen atoms in total. The van der Waals surface area contributed by atoms with E-state index in [1.54, 1.807) is 17.0 Å². The van der Waals surface area contributed by atoms with Gasteiger partial charge in [-0.05, 0) is 26.3 Å². The molecule has 0 unspecified atom stereocenters. The average Bonchev–Trinajstić information content (AvgIpc) is 2.70. The van der Waals surface area contributed by atoms with E-state index in [1.807, 2.05) is 39.0 Å². The number of Topliss-reactive ketones (excluding diaryl/α,β-unsaturated/α-hetero) is 1. The van der Waals surface area contributed by atoms with Gasteiger partial charge in [-0.3, -0.25) is 13.9 Å². The van der Waals surface area contributed by atoms with E-state index in [-0.39, 0.29) is 18.0 Å². The number of imidazole rings is 1. The van der Waals surface area contributed by atoms with Gasteiger partial charge in [-0.2, -0.15) is 0 Å². The standard InChI is InChI=1S/C15H18N2O2/c1-4-16-7-8-17(15(16)19)10-14(18)13-6-5-11(2)9-12(13)3/h5-9H,4,10H2,1-3H3. The number of carbonyl (C=O) groups is 1. The van der Waals surface area contributed by atoms with Crippen LogP contribution in [0.5, 0.6) is 0 Å². The van der Waals surface area contributed by atoms with Crippen molar-refractivity contribution in [2.24, 2.45) is 0 Å². The SMILES string of the molecule is CCn1ccn(CC(=O)c2ccc(C)cc2C)c1=O. The quantitative estimate of drug-likeness (QED) is 0.789. The first-order chi connectivity index (χ1) is 9.02. The second-order valence-corrected chi connectivity index (χ2v) is 4.74. The Balaban J connectivity index is 2.25. The molecule has 0 saturated carbocycles. The van der Waals surface area contributed by atoms with Gasteiger partial charge in [-0.1, -0.05) is 23.8 Å². The molecular weight excluding hydrogens is 240 g/mol. The lowest BCUT2D eigenvalue weighted by atomic mass is 10.0. The molecule has 100 valence electrons. The number of ketones is 1. The third-order valence-electron chi connectivity index (χ3n) is 3.25. The second kappa shape index (κ2) is 5.26. The molecule has 0 spiro atoms. The molecule has 0 bridgehead atoms. The molecule has 0 aliphatic carbocycles. The van der Waals surface area contributed by atoms with Crippen molar-refractivity contribution in [2.75, 3.05) is 0 Å². The number of aromatic nitrogens is 2. The molecule has 0 N–H and O–H groups in total. The minimum absolute atomic E-state index is 0.0338. The molecule has 2 rings (SSSR count). The van der Waals surface area contributed by atoms with Gasteiger partial charge in [0.25, 0.3) is 0 Å². The Labute approximate surface area is 112 Å². The first kappa shape index (κ1) is 13.3. The van der Waals surface area contributed by atoms with Crippen LogP contribution in [-0.2, 0) is 13.1 Å². The zero-order chi connectivity index (χ0) is 14.0. The van der Waals surface area contributed by atoms with Crippen molar-refractivity contribution in [1.82, 2.24) is 9.13 Å². The van der Waals surface area contributed by atoms with E-state index in [0.717, 1.165) is 11.1 Å². The van der Waals surface area contributed by atoms with E-state index in [1.165, 1.54) is 4.57 Å². The van der Waals surface area contributed by atoms with Crippen molar-refractivity contribution < 1.29 is 4.79 Å². The predicted molar refractivity (Wildman–Crippen MR) is 74.6 cm³/mol. The van der Waals surface area contributed by atoms with Crippen LogP contribution in [0, 0.1) is 13.8 Å². The summed E-state index contributed by atoms with van der Waals surface area (Å²) in [6, 6.07) is 5.72. The first-order valence-corrected chi connectivity index (χ1v) is 6.39. The molecule has 2 aromatic rings. The van der Waals surface area contributed by atoms with Crippen LogP contribution in [-0.4, -0.2) is 14.9 Å². The number of aryl methyl sites for hydroxylation is 3. The third kappa shape index (κ3) is 2.67. The van der Waals surface area contributed by atoms with Crippen LogP contribution < -0.4 is 5.69 Å². The molecule has 1 heterocycles. The molecule has 19 heavy (non-hydrogen) atoms. The Morgan fingerprint density at radius 1 is 1.16 bits per heavy atom. The summed E-state index contributed by atoms with van der Waals surface area (Å²) < 4.78 is 3.03. The van der Waals surface area contributed by atoms with E-state index in [0.29, 0.717) is 12.1 Å². The molecule has 0 amide bonds. The summed E-state index contributed by atoms with van der Waals surface area (Å²) in [5.74, 6) is -0.0338. The molecule has 1 aromatic heterocycles. The molecule has 0 atom stereocenters. The van der Waals surface area contributed by atoms with E-state index in [9.17, 15) is 9.59 Å². The molecule has 0 aliphatic rings. The van der Waals surface area contributed by atoms with Gasteiger partial charge < -0.3 is 0 Å². The van der Waals surface area contributed by atoms with Gasteiger partial charge in [0.2, 0.25) is 0 Å². The van der Waals surface area contributed by atoms with Crippen molar-refractivity contribution in [1.29, 1.82) is 0 Å². The minimum Gasteiger partial charge on any atom is -0.300 e. The molecule has 0 aliphatic heterocycles. The van der Waals surface area contributed by atoms with Crippen LogP contribution in [0.4, 0.5) is 0 Å². The highest BCUT2D eigenvalue weighted by Gasteiger charge is 2.11. The summed E-state index contributed by atoms with van der Waals surface area (Å²) in [6.07, 6.45) is 3.37. The molecule has 0 saturated heterocycles. The van der Waals surface area contributed by atoms with Gasteiger partial charge >= 0.3 is 5.69 Å². The van der Waals surface area contributed by atoms with Crippen LogP contribution in [0.15, 0.2) is 35.4 Å². The maximum Gasteiger partial charge on any atom is 0.328 e. The van der Waals surface area contributed by atoms with Crippen molar-refractivity contribution >= 4 is 5.78 Å². The lowest BCUT2D eigenvalue weighted by Crippen LogP contribution is -2.26. The molecule has 0 fully saturated rings. The van der Waals surface area contributed by atoms with E-state index < -0.39 is 0 Å². The van der Waals surface area contributed by atoms with Crippen molar-refractivity contribution in [2.45, 2.75) is 33.9 Å². The van der Waals surface area contributed by atoms with Gasteiger partial charge in [0, 0.05) is 24.5 Å². The Morgan fingerprint density at radius 3 is 2.42 bits per heavy atom. The second-order valence-electron chi connectivity index (χ2n) is 4.74. The van der Waals surface area contributed by atoms with Gasteiger partial charge in [-0.25, -0.2) is 4.79 Å². The van der Waals surface area contributed by atoms with Crippen molar-refractivity contribution in [3.63, 3.8) is 0 Å². The third-order valence-corrected chi connectivity index (χ3v) is 3.25. The molecular formula is C15H18N2O2. The number of carbonyl (C=O) groups excluding carboxylic acids is 1. The monoisotopic (exact) mass is 258 g/mol. The summed E-state index contributed by atoms with van der Waals surface area (Å²) in [5, 5.41) is 0. The Hall–Kier alpha value is -2.10. The summed E-state index contributed by atoms with van der Waals surface area (Å²) in [5.41, 5.74) is 2.62. The van der Waals surface area contributed by atoms with Crippen molar-refractivity contribution in [3.8, 4) is 0 Å². The van der Waals surface area contributed by atoms with Gasteiger partial charge in [0.15, 0.2) is 5.78 Å².